The van der Waals surface area contributed by atoms with Gasteiger partial charge in [0.2, 0.25) is 5.91 Å². The van der Waals surface area contributed by atoms with Crippen LogP contribution in [0.25, 0.3) is 10.9 Å². The summed E-state index contributed by atoms with van der Waals surface area (Å²) in [5, 5.41) is 12.4. The number of para-hydroxylation sites is 1. The number of amides is 1. The standard InChI is InChI=1S/C17H19N3O4/c21-15(19-12-6-5-11(9-12)17(23)24)7-8-20-10-18-14-4-2-1-3-13(14)16(20)22/h1-4,10-12H,5-9H2,(H,19,21)(H,23,24)/t11-,12+/m0/s1. The molecule has 2 atom stereocenters. The highest BCUT2D eigenvalue weighted by molar-refractivity contribution is 5.78. The Morgan fingerprint density at radius 2 is 2.08 bits per heavy atom. The normalized spacial score (nSPS) is 20.2. The van der Waals surface area contributed by atoms with E-state index in [0.29, 0.717) is 30.2 Å². The molecule has 1 aliphatic rings. The molecular weight excluding hydrogens is 310 g/mol. The Morgan fingerprint density at radius 3 is 2.83 bits per heavy atom. The first-order valence-corrected chi connectivity index (χ1v) is 8.01. The van der Waals surface area contributed by atoms with Crippen molar-refractivity contribution in [1.82, 2.24) is 14.9 Å². The fourth-order valence-electron chi connectivity index (χ4n) is 3.12. The van der Waals surface area contributed by atoms with Crippen LogP contribution in [0.5, 0.6) is 0 Å². The minimum Gasteiger partial charge on any atom is -0.481 e. The first kappa shape index (κ1) is 16.2. The monoisotopic (exact) mass is 329 g/mol. The number of hydrogen-bond acceptors (Lipinski definition) is 4. The van der Waals surface area contributed by atoms with Crippen molar-refractivity contribution < 1.29 is 14.7 Å². The number of rotatable bonds is 5. The molecule has 0 aliphatic heterocycles. The zero-order chi connectivity index (χ0) is 17.1. The summed E-state index contributed by atoms with van der Waals surface area (Å²) in [7, 11) is 0. The summed E-state index contributed by atoms with van der Waals surface area (Å²) in [6, 6.07) is 6.99. The lowest BCUT2D eigenvalue weighted by atomic mass is 10.1. The van der Waals surface area contributed by atoms with E-state index in [4.69, 9.17) is 5.11 Å². The van der Waals surface area contributed by atoms with Gasteiger partial charge >= 0.3 is 5.97 Å². The number of aryl methyl sites for hydroxylation is 1. The number of carbonyl (C=O) groups is 2. The van der Waals surface area contributed by atoms with Crippen LogP contribution in [-0.4, -0.2) is 32.6 Å². The molecular formula is C17H19N3O4. The van der Waals surface area contributed by atoms with E-state index in [-0.39, 0.29) is 36.4 Å². The quantitative estimate of drug-likeness (QED) is 0.857. The van der Waals surface area contributed by atoms with Crippen molar-refractivity contribution in [2.45, 2.75) is 38.3 Å². The molecule has 7 nitrogen and oxygen atoms in total. The number of carboxylic acid groups (broad SMARTS) is 1. The van der Waals surface area contributed by atoms with Crippen LogP contribution >= 0.6 is 0 Å². The van der Waals surface area contributed by atoms with E-state index in [1.807, 2.05) is 6.07 Å². The average molecular weight is 329 g/mol. The van der Waals surface area contributed by atoms with Crippen molar-refractivity contribution in [2.24, 2.45) is 5.92 Å². The van der Waals surface area contributed by atoms with E-state index in [9.17, 15) is 14.4 Å². The molecule has 7 heteroatoms. The van der Waals surface area contributed by atoms with Crippen LogP contribution in [-0.2, 0) is 16.1 Å². The van der Waals surface area contributed by atoms with Gasteiger partial charge < -0.3 is 10.4 Å². The number of aromatic nitrogens is 2. The van der Waals surface area contributed by atoms with Crippen LogP contribution in [0.2, 0.25) is 0 Å². The van der Waals surface area contributed by atoms with Crippen molar-refractivity contribution >= 4 is 22.8 Å². The molecule has 1 aromatic carbocycles. The van der Waals surface area contributed by atoms with E-state index in [1.165, 1.54) is 10.9 Å². The maximum Gasteiger partial charge on any atom is 0.306 e. The number of carbonyl (C=O) groups excluding carboxylic acids is 1. The summed E-state index contributed by atoms with van der Waals surface area (Å²) in [6.45, 7) is 0.248. The fourth-order valence-corrected chi connectivity index (χ4v) is 3.12. The summed E-state index contributed by atoms with van der Waals surface area (Å²) in [5.74, 6) is -1.35. The molecule has 2 N–H and O–H groups in total. The molecule has 1 aliphatic carbocycles. The molecule has 1 aromatic heterocycles. The van der Waals surface area contributed by atoms with Gasteiger partial charge in [0, 0.05) is 19.0 Å². The van der Waals surface area contributed by atoms with Crippen molar-refractivity contribution in [3.8, 4) is 0 Å². The summed E-state index contributed by atoms with van der Waals surface area (Å²) in [6.07, 6.45) is 3.36. The topological polar surface area (TPSA) is 101 Å². The van der Waals surface area contributed by atoms with Gasteiger partial charge in [-0.05, 0) is 31.4 Å². The third-order valence-corrected chi connectivity index (χ3v) is 4.46. The van der Waals surface area contributed by atoms with E-state index >= 15 is 0 Å². The van der Waals surface area contributed by atoms with Crippen molar-refractivity contribution in [3.05, 3.63) is 40.9 Å². The predicted molar refractivity (Wildman–Crippen MR) is 87.5 cm³/mol. The second-order valence-electron chi connectivity index (χ2n) is 6.12. The Morgan fingerprint density at radius 1 is 1.29 bits per heavy atom. The summed E-state index contributed by atoms with van der Waals surface area (Å²) in [4.78, 5) is 39.5. The molecule has 0 unspecified atom stereocenters. The van der Waals surface area contributed by atoms with Crippen molar-refractivity contribution in [1.29, 1.82) is 0 Å². The maximum atomic E-state index is 12.3. The second-order valence-corrected chi connectivity index (χ2v) is 6.12. The lowest BCUT2D eigenvalue weighted by Gasteiger charge is -2.13. The molecule has 2 aromatic rings. The fraction of sp³-hybridized carbons (Fsp3) is 0.412. The number of fused-ring (bicyclic) bond motifs is 1. The highest BCUT2D eigenvalue weighted by Crippen LogP contribution is 2.25. The molecule has 0 spiro atoms. The second kappa shape index (κ2) is 6.82. The van der Waals surface area contributed by atoms with Crippen LogP contribution < -0.4 is 10.9 Å². The lowest BCUT2D eigenvalue weighted by molar-refractivity contribution is -0.141. The van der Waals surface area contributed by atoms with Gasteiger partial charge in [-0.3, -0.25) is 19.0 Å². The molecule has 1 amide bonds. The molecule has 1 fully saturated rings. The van der Waals surface area contributed by atoms with E-state index < -0.39 is 5.97 Å². The number of hydrogen-bond donors (Lipinski definition) is 2. The number of carboxylic acids is 1. The zero-order valence-corrected chi connectivity index (χ0v) is 13.1. The van der Waals surface area contributed by atoms with E-state index in [0.717, 1.165) is 0 Å². The highest BCUT2D eigenvalue weighted by Gasteiger charge is 2.30. The largest absolute Gasteiger partial charge is 0.481 e. The molecule has 3 rings (SSSR count). The van der Waals surface area contributed by atoms with E-state index in [1.54, 1.807) is 18.2 Å². The Labute approximate surface area is 138 Å². The van der Waals surface area contributed by atoms with Crippen molar-refractivity contribution in [2.75, 3.05) is 0 Å². The Hall–Kier alpha value is -2.70. The van der Waals surface area contributed by atoms with Gasteiger partial charge in [-0.25, -0.2) is 4.98 Å². The van der Waals surface area contributed by atoms with Gasteiger partial charge in [0.15, 0.2) is 0 Å². The van der Waals surface area contributed by atoms with Crippen LogP contribution in [0.3, 0.4) is 0 Å². The molecule has 1 saturated carbocycles. The first-order valence-electron chi connectivity index (χ1n) is 8.01. The minimum atomic E-state index is -0.805. The summed E-state index contributed by atoms with van der Waals surface area (Å²) in [5.41, 5.74) is 0.467. The van der Waals surface area contributed by atoms with E-state index in [2.05, 4.69) is 10.3 Å². The van der Waals surface area contributed by atoms with Gasteiger partial charge in [0.25, 0.3) is 5.56 Å². The third kappa shape index (κ3) is 3.45. The van der Waals surface area contributed by atoms with Crippen LogP contribution in [0.4, 0.5) is 0 Å². The van der Waals surface area contributed by atoms with Gasteiger partial charge in [-0.1, -0.05) is 12.1 Å². The van der Waals surface area contributed by atoms with Crippen LogP contribution in [0.1, 0.15) is 25.7 Å². The highest BCUT2D eigenvalue weighted by atomic mass is 16.4. The molecule has 0 saturated heterocycles. The summed E-state index contributed by atoms with van der Waals surface area (Å²) >= 11 is 0. The lowest BCUT2D eigenvalue weighted by Crippen LogP contribution is -2.34. The minimum absolute atomic E-state index is 0.0925. The molecule has 0 radical (unpaired) electrons. The SMILES string of the molecule is O=C(CCn1cnc2ccccc2c1=O)N[C@@H]1CC[C@H](C(=O)O)C1. The third-order valence-electron chi connectivity index (χ3n) is 4.46. The van der Waals surface area contributed by atoms with Gasteiger partial charge in [0.05, 0.1) is 23.1 Å². The molecule has 126 valence electrons. The van der Waals surface area contributed by atoms with Crippen molar-refractivity contribution in [3.63, 3.8) is 0 Å². The smallest absolute Gasteiger partial charge is 0.306 e. The Bertz CT molecular complexity index is 830. The predicted octanol–water partition coefficient (Wildman–Crippen LogP) is 1.16. The van der Waals surface area contributed by atoms with Gasteiger partial charge in [-0.15, -0.1) is 0 Å². The maximum absolute atomic E-state index is 12.3. The first-order chi connectivity index (χ1) is 11.5. The van der Waals surface area contributed by atoms with Gasteiger partial charge in [-0.2, -0.15) is 0 Å². The Kier molecular flexibility index (Phi) is 4.59. The van der Waals surface area contributed by atoms with Gasteiger partial charge in [0.1, 0.15) is 0 Å². The number of benzene rings is 1. The average Bonchev–Trinajstić information content (AvgIpc) is 3.03. The summed E-state index contributed by atoms with van der Waals surface area (Å²) < 4.78 is 1.43. The number of aliphatic carboxylic acids is 1. The van der Waals surface area contributed by atoms with Crippen LogP contribution in [0.15, 0.2) is 35.4 Å². The molecule has 1 heterocycles. The molecule has 24 heavy (non-hydrogen) atoms. The zero-order valence-electron chi connectivity index (χ0n) is 13.1. The number of nitrogens with zero attached hydrogens (tertiary/aromatic N) is 2. The van der Waals surface area contributed by atoms with Crippen LogP contribution in [0, 0.1) is 5.92 Å². The molecule has 0 bridgehead atoms. The Balaban J connectivity index is 1.58. The number of nitrogens with one attached hydrogen (secondary N) is 1.